The van der Waals surface area contributed by atoms with Crippen molar-refractivity contribution in [2.75, 3.05) is 0 Å². The van der Waals surface area contributed by atoms with Crippen molar-refractivity contribution in [3.63, 3.8) is 0 Å². The molecule has 2 heterocycles. The Hall–Kier alpha value is -2.64. The lowest BCUT2D eigenvalue weighted by molar-refractivity contribution is 0.467. The number of fused-ring (bicyclic) bond motifs is 1. The molecule has 0 N–H and O–H groups in total. The van der Waals surface area contributed by atoms with Gasteiger partial charge in [0.05, 0.1) is 17.1 Å². The topological polar surface area (TPSA) is 60.4 Å². The molecule has 4 aromatic rings. The maximum atomic E-state index is 13.2. The second-order valence-electron chi connectivity index (χ2n) is 8.28. The highest BCUT2D eigenvalue weighted by Gasteiger charge is 2.23. The Morgan fingerprint density at radius 1 is 1.10 bits per heavy atom. The van der Waals surface area contributed by atoms with Gasteiger partial charge < -0.3 is 4.42 Å². The minimum atomic E-state index is -0.368. The molecule has 0 spiro atoms. The molecule has 0 amide bonds. The Bertz CT molecular complexity index is 1330. The Morgan fingerprint density at radius 2 is 1.84 bits per heavy atom. The summed E-state index contributed by atoms with van der Waals surface area (Å²) in [5, 5.41) is 5.72. The van der Waals surface area contributed by atoms with Crippen LogP contribution >= 0.6 is 27.7 Å². The zero-order valence-corrected chi connectivity index (χ0v) is 20.1. The van der Waals surface area contributed by atoms with Crippen molar-refractivity contribution in [1.82, 2.24) is 9.66 Å². The van der Waals surface area contributed by atoms with E-state index in [-0.39, 0.29) is 11.0 Å². The maximum Gasteiger partial charge on any atom is 0.282 e. The molecule has 0 radical (unpaired) electrons. The van der Waals surface area contributed by atoms with Crippen LogP contribution in [0.2, 0.25) is 0 Å². The summed E-state index contributed by atoms with van der Waals surface area (Å²) in [6.45, 7) is 8.09. The summed E-state index contributed by atoms with van der Waals surface area (Å²) in [5.41, 5.74) is 1.29. The first-order chi connectivity index (χ1) is 14.7. The van der Waals surface area contributed by atoms with Gasteiger partial charge in [-0.25, -0.2) is 4.98 Å². The fraction of sp³-hybridized carbons (Fsp3) is 0.208. The normalized spacial score (nSPS) is 12.2. The SMILES string of the molecule is Cc1ccc(Sc2ccc(C=Nn3c(C(C)(C)C)nc4ccc(Br)cc4c3=O)o2)cc1. The van der Waals surface area contributed by atoms with Crippen LogP contribution in [-0.4, -0.2) is 15.9 Å². The van der Waals surface area contributed by atoms with Crippen molar-refractivity contribution < 1.29 is 4.42 Å². The van der Waals surface area contributed by atoms with E-state index < -0.39 is 0 Å². The molecule has 0 fully saturated rings. The van der Waals surface area contributed by atoms with E-state index in [1.807, 2.05) is 45.0 Å². The number of rotatable bonds is 4. The molecule has 5 nitrogen and oxygen atoms in total. The number of aryl methyl sites for hydroxylation is 1. The molecule has 7 heteroatoms. The maximum absolute atomic E-state index is 13.2. The smallest absolute Gasteiger partial charge is 0.282 e. The minimum Gasteiger partial charge on any atom is -0.448 e. The van der Waals surface area contributed by atoms with E-state index in [1.54, 1.807) is 12.3 Å². The Balaban J connectivity index is 1.69. The fourth-order valence-electron chi connectivity index (χ4n) is 3.04. The number of halogens is 1. The summed E-state index contributed by atoms with van der Waals surface area (Å²) >= 11 is 4.97. The predicted octanol–water partition coefficient (Wildman–Crippen LogP) is 6.39. The zero-order valence-electron chi connectivity index (χ0n) is 17.7. The van der Waals surface area contributed by atoms with Gasteiger partial charge in [0.25, 0.3) is 5.56 Å². The van der Waals surface area contributed by atoms with Crippen LogP contribution in [0.15, 0.2) is 83.4 Å². The average molecular weight is 496 g/mol. The summed E-state index contributed by atoms with van der Waals surface area (Å²) < 4.78 is 8.07. The van der Waals surface area contributed by atoms with Crippen LogP contribution in [0, 0.1) is 6.92 Å². The van der Waals surface area contributed by atoms with Gasteiger partial charge in [-0.05, 0) is 49.4 Å². The van der Waals surface area contributed by atoms with Crippen LogP contribution in [0.25, 0.3) is 10.9 Å². The van der Waals surface area contributed by atoms with E-state index in [1.165, 1.54) is 22.0 Å². The monoisotopic (exact) mass is 495 g/mol. The van der Waals surface area contributed by atoms with Crippen molar-refractivity contribution in [3.05, 3.63) is 86.6 Å². The Kier molecular flexibility index (Phi) is 5.90. The molecule has 158 valence electrons. The van der Waals surface area contributed by atoms with Gasteiger partial charge in [0.2, 0.25) is 0 Å². The van der Waals surface area contributed by atoms with E-state index in [9.17, 15) is 4.79 Å². The first-order valence-electron chi connectivity index (χ1n) is 9.82. The predicted molar refractivity (Wildman–Crippen MR) is 129 cm³/mol. The van der Waals surface area contributed by atoms with E-state index in [0.717, 1.165) is 14.5 Å². The van der Waals surface area contributed by atoms with Crippen molar-refractivity contribution >= 4 is 44.8 Å². The summed E-state index contributed by atoms with van der Waals surface area (Å²) in [5.74, 6) is 1.15. The lowest BCUT2D eigenvalue weighted by Gasteiger charge is -2.20. The quantitative estimate of drug-likeness (QED) is 0.307. The van der Waals surface area contributed by atoms with Crippen molar-refractivity contribution in [2.45, 2.75) is 43.1 Å². The third-order valence-corrected chi connectivity index (χ3v) is 6.04. The molecule has 0 saturated heterocycles. The third-order valence-electron chi connectivity index (χ3n) is 4.62. The number of furan rings is 1. The Labute approximate surface area is 193 Å². The molecule has 0 saturated carbocycles. The van der Waals surface area contributed by atoms with Crippen LogP contribution in [0.4, 0.5) is 0 Å². The molecule has 4 rings (SSSR count). The summed E-state index contributed by atoms with van der Waals surface area (Å²) in [4.78, 5) is 19.0. The largest absolute Gasteiger partial charge is 0.448 e. The van der Waals surface area contributed by atoms with Crippen LogP contribution in [0.1, 0.15) is 37.9 Å². The second-order valence-corrected chi connectivity index (χ2v) is 10.3. The lowest BCUT2D eigenvalue weighted by Crippen LogP contribution is -2.29. The van der Waals surface area contributed by atoms with Crippen LogP contribution in [0.3, 0.4) is 0 Å². The zero-order chi connectivity index (χ0) is 22.2. The van der Waals surface area contributed by atoms with Gasteiger partial charge in [0.15, 0.2) is 5.09 Å². The van der Waals surface area contributed by atoms with Crippen molar-refractivity contribution in [2.24, 2.45) is 5.10 Å². The molecule has 0 atom stereocenters. The van der Waals surface area contributed by atoms with E-state index in [2.05, 4.69) is 52.2 Å². The number of hydrogen-bond acceptors (Lipinski definition) is 5. The van der Waals surface area contributed by atoms with Gasteiger partial charge in [-0.3, -0.25) is 4.79 Å². The summed E-state index contributed by atoms with van der Waals surface area (Å²) in [6.07, 6.45) is 1.56. The van der Waals surface area contributed by atoms with Gasteiger partial charge >= 0.3 is 0 Å². The van der Waals surface area contributed by atoms with Crippen molar-refractivity contribution in [3.8, 4) is 0 Å². The molecule has 0 unspecified atom stereocenters. The molecule has 31 heavy (non-hydrogen) atoms. The minimum absolute atomic E-state index is 0.215. The summed E-state index contributed by atoms with van der Waals surface area (Å²) in [6, 6.07) is 17.5. The molecule has 0 aliphatic heterocycles. The van der Waals surface area contributed by atoms with Crippen molar-refractivity contribution in [1.29, 1.82) is 0 Å². The van der Waals surface area contributed by atoms with E-state index in [4.69, 9.17) is 9.40 Å². The molecule has 0 aliphatic rings. The molecule has 2 aromatic carbocycles. The van der Waals surface area contributed by atoms with Gasteiger partial charge in [-0.2, -0.15) is 9.78 Å². The van der Waals surface area contributed by atoms with Gasteiger partial charge in [0, 0.05) is 14.8 Å². The lowest BCUT2D eigenvalue weighted by atomic mass is 9.95. The molecule has 0 aliphatic carbocycles. The standard InChI is InChI=1S/C24H22BrN3O2S/c1-15-5-9-18(10-6-15)31-21-12-8-17(30-21)14-26-28-22(29)19-13-16(25)7-11-20(19)27-23(28)24(2,3)4/h5-14H,1-4H3. The fourth-order valence-corrected chi connectivity index (χ4v) is 4.18. The van der Waals surface area contributed by atoms with Crippen LogP contribution in [-0.2, 0) is 5.41 Å². The first kappa shape index (κ1) is 21.6. The number of aromatic nitrogens is 2. The third kappa shape index (κ3) is 4.83. The average Bonchev–Trinajstić information content (AvgIpc) is 3.16. The first-order valence-corrected chi connectivity index (χ1v) is 11.4. The molecular weight excluding hydrogens is 474 g/mol. The van der Waals surface area contributed by atoms with E-state index >= 15 is 0 Å². The molecule has 2 aromatic heterocycles. The van der Waals surface area contributed by atoms with Crippen LogP contribution < -0.4 is 5.56 Å². The number of hydrogen-bond donors (Lipinski definition) is 0. The Morgan fingerprint density at radius 3 is 2.55 bits per heavy atom. The second kappa shape index (κ2) is 8.48. The van der Waals surface area contributed by atoms with Gasteiger partial charge in [-0.1, -0.05) is 66.2 Å². The molecular formula is C24H22BrN3O2S. The number of nitrogens with zero attached hydrogens (tertiary/aromatic N) is 3. The summed E-state index contributed by atoms with van der Waals surface area (Å²) in [7, 11) is 0. The highest BCUT2D eigenvalue weighted by molar-refractivity contribution is 9.10. The highest BCUT2D eigenvalue weighted by Crippen LogP contribution is 2.29. The van der Waals surface area contributed by atoms with E-state index in [0.29, 0.717) is 22.5 Å². The highest BCUT2D eigenvalue weighted by atomic mass is 79.9. The van der Waals surface area contributed by atoms with Gasteiger partial charge in [0.1, 0.15) is 11.6 Å². The van der Waals surface area contributed by atoms with Gasteiger partial charge in [-0.15, -0.1) is 0 Å². The van der Waals surface area contributed by atoms with Crippen LogP contribution in [0.5, 0.6) is 0 Å². The molecule has 0 bridgehead atoms. The number of benzene rings is 2.